The predicted molar refractivity (Wildman–Crippen MR) is 95.7 cm³/mol. The quantitative estimate of drug-likeness (QED) is 0.685. The molecule has 0 radical (unpaired) electrons. The molecule has 0 aliphatic carbocycles. The minimum Gasteiger partial charge on any atom is -0.419 e. The first-order chi connectivity index (χ1) is 11.9. The predicted octanol–water partition coefficient (Wildman–Crippen LogP) is 3.66. The Morgan fingerprint density at radius 3 is 2.44 bits per heavy atom. The Morgan fingerprint density at radius 2 is 1.72 bits per heavy atom. The molecule has 25 heavy (non-hydrogen) atoms. The maximum Gasteiger partial charge on any atom is 0.249 e. The molecule has 9 heteroatoms. The van der Waals surface area contributed by atoms with E-state index in [0.717, 1.165) is 0 Å². The van der Waals surface area contributed by atoms with E-state index in [1.807, 2.05) is 0 Å². The van der Waals surface area contributed by atoms with E-state index in [4.69, 9.17) is 27.6 Å². The molecule has 130 valence electrons. The van der Waals surface area contributed by atoms with Crippen LogP contribution in [0.1, 0.15) is 11.5 Å². The Bertz CT molecular complexity index is 972. The van der Waals surface area contributed by atoms with Gasteiger partial charge in [0.2, 0.25) is 21.8 Å². The van der Waals surface area contributed by atoms with Crippen LogP contribution >= 0.6 is 23.2 Å². The first kappa shape index (κ1) is 17.9. The summed E-state index contributed by atoms with van der Waals surface area (Å²) >= 11 is 11.9. The summed E-state index contributed by atoms with van der Waals surface area (Å²) < 4.78 is 32.2. The van der Waals surface area contributed by atoms with Gasteiger partial charge in [0.05, 0.1) is 22.9 Å². The summed E-state index contributed by atoms with van der Waals surface area (Å²) in [6.07, 6.45) is 0. The van der Waals surface area contributed by atoms with Gasteiger partial charge in [0.15, 0.2) is 0 Å². The number of hydrogen-bond donors (Lipinski definition) is 1. The highest BCUT2D eigenvalue weighted by Crippen LogP contribution is 2.26. The fourth-order valence-corrected chi connectivity index (χ4v) is 3.51. The summed E-state index contributed by atoms with van der Waals surface area (Å²) in [7, 11) is -3.56. The van der Waals surface area contributed by atoms with Crippen LogP contribution in [-0.2, 0) is 22.3 Å². The normalized spacial score (nSPS) is 11.6. The highest BCUT2D eigenvalue weighted by Gasteiger charge is 2.15. The SMILES string of the molecule is O=S(=O)(Cc1ccc(Cl)cc1)NCc1nnc(-c2ccccc2Cl)o1. The van der Waals surface area contributed by atoms with E-state index in [1.165, 1.54) is 0 Å². The minimum absolute atomic E-state index is 0.104. The molecule has 0 bridgehead atoms. The van der Waals surface area contributed by atoms with Crippen LogP contribution < -0.4 is 4.72 Å². The molecule has 0 unspecified atom stereocenters. The second kappa shape index (κ2) is 7.53. The van der Waals surface area contributed by atoms with Crippen molar-refractivity contribution in [3.63, 3.8) is 0 Å². The molecule has 0 amide bonds. The van der Waals surface area contributed by atoms with Gasteiger partial charge in [-0.2, -0.15) is 0 Å². The molecular weight excluding hydrogens is 385 g/mol. The fraction of sp³-hybridized carbons (Fsp3) is 0.125. The van der Waals surface area contributed by atoms with Gasteiger partial charge in [-0.15, -0.1) is 10.2 Å². The third-order valence-corrected chi connectivity index (χ3v) is 5.16. The van der Waals surface area contributed by atoms with Crippen molar-refractivity contribution in [2.24, 2.45) is 0 Å². The summed E-state index contributed by atoms with van der Waals surface area (Å²) in [6.45, 7) is -0.104. The smallest absolute Gasteiger partial charge is 0.249 e. The van der Waals surface area contributed by atoms with Gasteiger partial charge in [0, 0.05) is 5.02 Å². The number of nitrogens with zero attached hydrogens (tertiary/aromatic N) is 2. The highest BCUT2D eigenvalue weighted by atomic mass is 35.5. The van der Waals surface area contributed by atoms with Crippen LogP contribution in [0.5, 0.6) is 0 Å². The first-order valence-electron chi connectivity index (χ1n) is 7.22. The zero-order chi connectivity index (χ0) is 17.9. The van der Waals surface area contributed by atoms with Crippen molar-refractivity contribution in [3.8, 4) is 11.5 Å². The fourth-order valence-electron chi connectivity index (χ4n) is 2.09. The molecule has 1 aromatic heterocycles. The van der Waals surface area contributed by atoms with Crippen molar-refractivity contribution in [2.75, 3.05) is 0 Å². The largest absolute Gasteiger partial charge is 0.419 e. The lowest BCUT2D eigenvalue weighted by Crippen LogP contribution is -2.24. The van der Waals surface area contributed by atoms with Crippen molar-refractivity contribution < 1.29 is 12.8 Å². The lowest BCUT2D eigenvalue weighted by Gasteiger charge is -2.05. The second-order valence-corrected chi connectivity index (χ2v) is 7.84. The van der Waals surface area contributed by atoms with E-state index >= 15 is 0 Å². The van der Waals surface area contributed by atoms with E-state index in [2.05, 4.69) is 14.9 Å². The molecule has 2 aromatic carbocycles. The molecule has 0 fully saturated rings. The Labute approximate surface area is 154 Å². The number of aromatic nitrogens is 2. The Hall–Kier alpha value is -1.93. The zero-order valence-electron chi connectivity index (χ0n) is 12.8. The van der Waals surface area contributed by atoms with Gasteiger partial charge in [0.1, 0.15) is 0 Å². The lowest BCUT2D eigenvalue weighted by atomic mass is 10.2. The van der Waals surface area contributed by atoms with E-state index in [-0.39, 0.29) is 24.1 Å². The van der Waals surface area contributed by atoms with Crippen molar-refractivity contribution in [1.82, 2.24) is 14.9 Å². The Morgan fingerprint density at radius 1 is 1.00 bits per heavy atom. The molecule has 0 aliphatic heterocycles. The third-order valence-electron chi connectivity index (χ3n) is 3.28. The number of benzene rings is 2. The number of hydrogen-bond acceptors (Lipinski definition) is 5. The molecule has 1 heterocycles. The highest BCUT2D eigenvalue weighted by molar-refractivity contribution is 7.88. The molecule has 1 N–H and O–H groups in total. The van der Waals surface area contributed by atoms with Crippen LogP contribution in [0.25, 0.3) is 11.5 Å². The van der Waals surface area contributed by atoms with Crippen molar-refractivity contribution >= 4 is 33.2 Å². The molecule has 3 rings (SSSR count). The van der Waals surface area contributed by atoms with E-state index < -0.39 is 10.0 Å². The summed E-state index contributed by atoms with van der Waals surface area (Å²) in [6, 6.07) is 13.6. The van der Waals surface area contributed by atoms with Crippen LogP contribution in [0.2, 0.25) is 10.0 Å². The molecular formula is C16H13Cl2N3O3S. The van der Waals surface area contributed by atoms with Crippen LogP contribution in [-0.4, -0.2) is 18.6 Å². The molecule has 0 atom stereocenters. The van der Waals surface area contributed by atoms with E-state index in [1.54, 1.807) is 48.5 Å². The van der Waals surface area contributed by atoms with Gasteiger partial charge in [-0.25, -0.2) is 13.1 Å². The Kier molecular flexibility index (Phi) is 5.39. The van der Waals surface area contributed by atoms with Crippen LogP contribution in [0.4, 0.5) is 0 Å². The average Bonchev–Trinajstić information content (AvgIpc) is 3.04. The third kappa shape index (κ3) is 4.79. The average molecular weight is 398 g/mol. The zero-order valence-corrected chi connectivity index (χ0v) is 15.1. The molecule has 0 saturated carbocycles. The Balaban J connectivity index is 1.65. The maximum atomic E-state index is 12.1. The monoisotopic (exact) mass is 397 g/mol. The van der Waals surface area contributed by atoms with Crippen LogP contribution in [0, 0.1) is 0 Å². The van der Waals surface area contributed by atoms with Gasteiger partial charge in [-0.1, -0.05) is 47.5 Å². The van der Waals surface area contributed by atoms with Gasteiger partial charge >= 0.3 is 0 Å². The molecule has 6 nitrogen and oxygen atoms in total. The van der Waals surface area contributed by atoms with Crippen LogP contribution in [0.3, 0.4) is 0 Å². The minimum atomic E-state index is -3.56. The lowest BCUT2D eigenvalue weighted by molar-refractivity contribution is 0.494. The van der Waals surface area contributed by atoms with Crippen LogP contribution in [0.15, 0.2) is 52.9 Å². The summed E-state index contributed by atoms with van der Waals surface area (Å²) in [5.41, 5.74) is 1.21. The number of halogens is 2. The second-order valence-electron chi connectivity index (χ2n) is 5.19. The summed E-state index contributed by atoms with van der Waals surface area (Å²) in [4.78, 5) is 0. The van der Waals surface area contributed by atoms with Gasteiger partial charge in [0.25, 0.3) is 0 Å². The molecule has 0 saturated heterocycles. The summed E-state index contributed by atoms with van der Waals surface area (Å²) in [5.74, 6) is 0.211. The van der Waals surface area contributed by atoms with Crippen molar-refractivity contribution in [3.05, 3.63) is 70.0 Å². The standard InChI is InChI=1S/C16H13Cl2N3O3S/c17-12-7-5-11(6-8-12)10-25(22,23)19-9-15-20-21-16(24-15)13-3-1-2-4-14(13)18/h1-8,19H,9-10H2. The van der Waals surface area contributed by atoms with Gasteiger partial charge in [-0.05, 0) is 29.8 Å². The molecule has 3 aromatic rings. The van der Waals surface area contributed by atoms with Gasteiger partial charge < -0.3 is 4.42 Å². The number of nitrogens with one attached hydrogen (secondary N) is 1. The number of sulfonamides is 1. The van der Waals surface area contributed by atoms with E-state index in [0.29, 0.717) is 21.2 Å². The maximum absolute atomic E-state index is 12.1. The molecule has 0 aliphatic rings. The first-order valence-corrected chi connectivity index (χ1v) is 9.63. The summed E-state index contributed by atoms with van der Waals surface area (Å²) in [5, 5.41) is 8.75. The topological polar surface area (TPSA) is 85.1 Å². The van der Waals surface area contributed by atoms with Crippen molar-refractivity contribution in [2.45, 2.75) is 12.3 Å². The van der Waals surface area contributed by atoms with Crippen molar-refractivity contribution in [1.29, 1.82) is 0 Å². The molecule has 0 spiro atoms. The van der Waals surface area contributed by atoms with E-state index in [9.17, 15) is 8.42 Å². The number of rotatable bonds is 6. The van der Waals surface area contributed by atoms with Gasteiger partial charge in [-0.3, -0.25) is 0 Å².